The van der Waals surface area contributed by atoms with E-state index in [4.69, 9.17) is 4.74 Å². The van der Waals surface area contributed by atoms with Crippen molar-refractivity contribution in [3.05, 3.63) is 65.7 Å². The summed E-state index contributed by atoms with van der Waals surface area (Å²) in [6.07, 6.45) is 0. The second-order valence-corrected chi connectivity index (χ2v) is 5.66. The van der Waals surface area contributed by atoms with Crippen LogP contribution in [0.1, 0.15) is 12.5 Å². The predicted octanol–water partition coefficient (Wildman–Crippen LogP) is 3.22. The number of methoxy groups -OCH3 is 1. The van der Waals surface area contributed by atoms with Gasteiger partial charge >= 0.3 is 12.0 Å². The monoisotopic (exact) mass is 348 g/mol. The first-order chi connectivity index (χ1) is 11.8. The molecule has 2 amide bonds. The number of carbonyl (C=O) groups is 2. The summed E-state index contributed by atoms with van der Waals surface area (Å²) in [7, 11) is 1.26. The van der Waals surface area contributed by atoms with Crippen molar-refractivity contribution in [2.45, 2.75) is 12.3 Å². The van der Waals surface area contributed by atoms with E-state index in [1.807, 2.05) is 0 Å². The number of rotatable bonds is 5. The van der Waals surface area contributed by atoms with Crippen molar-refractivity contribution >= 4 is 17.7 Å². The number of ether oxygens (including phenoxy) is 1. The van der Waals surface area contributed by atoms with Crippen LogP contribution in [0.4, 0.5) is 19.3 Å². The zero-order valence-electron chi connectivity index (χ0n) is 13.8. The van der Waals surface area contributed by atoms with Gasteiger partial charge in [-0.05, 0) is 24.6 Å². The lowest BCUT2D eigenvalue weighted by Gasteiger charge is -2.27. The first kappa shape index (κ1) is 18.4. The molecule has 132 valence electrons. The van der Waals surface area contributed by atoms with Crippen LogP contribution in [0.25, 0.3) is 0 Å². The first-order valence-corrected chi connectivity index (χ1v) is 7.50. The smallest absolute Gasteiger partial charge is 0.319 e. The molecule has 0 aliphatic carbocycles. The fourth-order valence-corrected chi connectivity index (χ4v) is 2.38. The highest BCUT2D eigenvalue weighted by Gasteiger charge is 2.36. The van der Waals surface area contributed by atoms with E-state index in [1.165, 1.54) is 7.11 Å². The van der Waals surface area contributed by atoms with Gasteiger partial charge in [-0.2, -0.15) is 0 Å². The normalized spacial score (nSPS) is 12.8. The van der Waals surface area contributed by atoms with Gasteiger partial charge in [0, 0.05) is 18.3 Å². The number of hydrogen-bond donors (Lipinski definition) is 2. The van der Waals surface area contributed by atoms with Crippen molar-refractivity contribution in [2.75, 3.05) is 19.0 Å². The Balaban J connectivity index is 2.10. The average molecular weight is 348 g/mol. The van der Waals surface area contributed by atoms with Crippen LogP contribution in [-0.2, 0) is 14.9 Å². The molecule has 0 aliphatic rings. The van der Waals surface area contributed by atoms with Gasteiger partial charge in [0.05, 0.1) is 7.11 Å². The molecule has 25 heavy (non-hydrogen) atoms. The molecule has 0 radical (unpaired) electrons. The number of esters is 1. The van der Waals surface area contributed by atoms with E-state index in [-0.39, 0.29) is 12.2 Å². The molecule has 7 heteroatoms. The largest absolute Gasteiger partial charge is 0.468 e. The maximum atomic E-state index is 13.2. The van der Waals surface area contributed by atoms with Gasteiger partial charge in [0.2, 0.25) is 0 Å². The van der Waals surface area contributed by atoms with Crippen molar-refractivity contribution < 1.29 is 23.1 Å². The Labute approximate surface area is 144 Å². The second kappa shape index (κ2) is 7.74. The van der Waals surface area contributed by atoms with Gasteiger partial charge in [0.1, 0.15) is 17.0 Å². The standard InChI is InChI=1S/C18H18F2N2O3/c1-18(16(23)25-2,12-6-4-3-5-7-12)11-21-17(24)22-15-9-13(19)8-14(20)10-15/h3-10H,11H2,1-2H3,(H2,21,22,24). The maximum Gasteiger partial charge on any atom is 0.319 e. The quantitative estimate of drug-likeness (QED) is 0.816. The predicted molar refractivity (Wildman–Crippen MR) is 89.2 cm³/mol. The zero-order chi connectivity index (χ0) is 18.4. The van der Waals surface area contributed by atoms with Crippen molar-refractivity contribution in [1.29, 1.82) is 0 Å². The molecule has 0 aromatic heterocycles. The van der Waals surface area contributed by atoms with Gasteiger partial charge in [-0.25, -0.2) is 13.6 Å². The van der Waals surface area contributed by atoms with Crippen LogP contribution in [0, 0.1) is 11.6 Å². The molecular weight excluding hydrogens is 330 g/mol. The minimum absolute atomic E-state index is 0.0329. The van der Waals surface area contributed by atoms with Gasteiger partial charge < -0.3 is 15.4 Å². The maximum absolute atomic E-state index is 13.2. The summed E-state index contributed by atoms with van der Waals surface area (Å²) in [6.45, 7) is 1.57. The van der Waals surface area contributed by atoms with Gasteiger partial charge in [-0.1, -0.05) is 30.3 Å². The average Bonchev–Trinajstić information content (AvgIpc) is 2.58. The summed E-state index contributed by atoms with van der Waals surface area (Å²) in [5.41, 5.74) is -0.478. The third-order valence-electron chi connectivity index (χ3n) is 3.77. The second-order valence-electron chi connectivity index (χ2n) is 5.66. The number of amides is 2. The molecule has 0 spiro atoms. The molecule has 2 aromatic carbocycles. The summed E-state index contributed by atoms with van der Waals surface area (Å²) in [5, 5.41) is 4.85. The lowest BCUT2D eigenvalue weighted by Crippen LogP contribution is -2.46. The Morgan fingerprint density at radius 1 is 1.08 bits per heavy atom. The molecule has 5 nitrogen and oxygen atoms in total. The van der Waals surface area contributed by atoms with Crippen molar-refractivity contribution in [3.8, 4) is 0 Å². The number of nitrogens with one attached hydrogen (secondary N) is 2. The lowest BCUT2D eigenvalue weighted by atomic mass is 9.82. The molecule has 2 N–H and O–H groups in total. The summed E-state index contributed by atoms with van der Waals surface area (Å²) in [6, 6.07) is 10.8. The van der Waals surface area contributed by atoms with E-state index < -0.39 is 29.0 Å². The van der Waals surface area contributed by atoms with Crippen LogP contribution < -0.4 is 10.6 Å². The third kappa shape index (κ3) is 4.53. The van der Waals surface area contributed by atoms with Crippen LogP contribution in [-0.4, -0.2) is 25.7 Å². The third-order valence-corrected chi connectivity index (χ3v) is 3.77. The highest BCUT2D eigenvalue weighted by Crippen LogP contribution is 2.24. The Morgan fingerprint density at radius 2 is 1.68 bits per heavy atom. The van der Waals surface area contributed by atoms with Gasteiger partial charge in [-0.15, -0.1) is 0 Å². The van der Waals surface area contributed by atoms with Crippen LogP contribution >= 0.6 is 0 Å². The van der Waals surface area contributed by atoms with Crippen LogP contribution in [0.5, 0.6) is 0 Å². The van der Waals surface area contributed by atoms with Crippen molar-refractivity contribution in [1.82, 2.24) is 5.32 Å². The van der Waals surface area contributed by atoms with Crippen LogP contribution in [0.2, 0.25) is 0 Å². The molecule has 1 atom stereocenters. The Morgan fingerprint density at radius 3 is 2.24 bits per heavy atom. The van der Waals surface area contributed by atoms with Gasteiger partial charge in [0.15, 0.2) is 0 Å². The van der Waals surface area contributed by atoms with E-state index >= 15 is 0 Å². The molecule has 2 aromatic rings. The molecule has 0 saturated carbocycles. The minimum atomic E-state index is -1.11. The fraction of sp³-hybridized carbons (Fsp3) is 0.222. The Kier molecular flexibility index (Phi) is 5.69. The SMILES string of the molecule is COC(=O)C(C)(CNC(=O)Nc1cc(F)cc(F)c1)c1ccccc1. The molecule has 2 rings (SSSR count). The minimum Gasteiger partial charge on any atom is -0.468 e. The molecule has 0 bridgehead atoms. The molecule has 0 fully saturated rings. The number of hydrogen-bond acceptors (Lipinski definition) is 3. The first-order valence-electron chi connectivity index (χ1n) is 7.50. The van der Waals surface area contributed by atoms with Crippen molar-refractivity contribution in [2.24, 2.45) is 0 Å². The Hall–Kier alpha value is -2.96. The van der Waals surface area contributed by atoms with Crippen LogP contribution in [0.3, 0.4) is 0 Å². The van der Waals surface area contributed by atoms with Gasteiger partial charge in [-0.3, -0.25) is 4.79 Å². The topological polar surface area (TPSA) is 67.4 Å². The van der Waals surface area contributed by atoms with Gasteiger partial charge in [0.25, 0.3) is 0 Å². The Bertz CT molecular complexity index is 748. The summed E-state index contributed by atoms with van der Waals surface area (Å²) in [4.78, 5) is 24.2. The molecule has 1 unspecified atom stereocenters. The summed E-state index contributed by atoms with van der Waals surface area (Å²) < 4.78 is 31.1. The molecular formula is C18H18F2N2O3. The fourth-order valence-electron chi connectivity index (χ4n) is 2.38. The number of carbonyl (C=O) groups excluding carboxylic acids is 2. The summed E-state index contributed by atoms with van der Waals surface area (Å²) in [5.74, 6) is -2.13. The molecule has 0 saturated heterocycles. The zero-order valence-corrected chi connectivity index (χ0v) is 13.8. The highest BCUT2D eigenvalue weighted by molar-refractivity contribution is 5.90. The van der Waals surface area contributed by atoms with Crippen LogP contribution in [0.15, 0.2) is 48.5 Å². The lowest BCUT2D eigenvalue weighted by molar-refractivity contribution is -0.146. The number of urea groups is 1. The van der Waals surface area contributed by atoms with E-state index in [0.717, 1.165) is 12.1 Å². The number of halogens is 2. The van der Waals surface area contributed by atoms with E-state index in [2.05, 4.69) is 10.6 Å². The van der Waals surface area contributed by atoms with E-state index in [9.17, 15) is 18.4 Å². The molecule has 0 aliphatic heterocycles. The van der Waals surface area contributed by atoms with E-state index in [0.29, 0.717) is 11.6 Å². The highest BCUT2D eigenvalue weighted by atomic mass is 19.1. The van der Waals surface area contributed by atoms with E-state index in [1.54, 1.807) is 37.3 Å². The number of anilines is 1. The van der Waals surface area contributed by atoms with Crippen molar-refractivity contribution in [3.63, 3.8) is 0 Å². The summed E-state index contributed by atoms with van der Waals surface area (Å²) >= 11 is 0. The molecule has 0 heterocycles. The number of benzene rings is 2.